The number of thiazole rings is 1. The minimum absolute atomic E-state index is 0.152. The first kappa shape index (κ1) is 20.5. The van der Waals surface area contributed by atoms with Crippen molar-refractivity contribution in [2.45, 2.75) is 13.3 Å². The lowest BCUT2D eigenvalue weighted by molar-refractivity contribution is -0.116. The molecule has 156 valence electrons. The summed E-state index contributed by atoms with van der Waals surface area (Å²) in [6, 6.07) is 17.2. The zero-order valence-electron chi connectivity index (χ0n) is 17.0. The number of rotatable bonds is 6. The Hall–Kier alpha value is -3.78. The number of ether oxygens (including phenoxy) is 1. The Morgan fingerprint density at radius 3 is 2.58 bits per heavy atom. The van der Waals surface area contributed by atoms with Gasteiger partial charge >= 0.3 is 0 Å². The summed E-state index contributed by atoms with van der Waals surface area (Å²) in [4.78, 5) is 32.6. The van der Waals surface area contributed by atoms with Crippen LogP contribution in [-0.4, -0.2) is 28.9 Å². The zero-order chi connectivity index (χ0) is 21.8. The standard InChI is InChI=1S/C23H20N4O3S/c1-14(28)25-23-27-18-9-8-16(12-20(18)31-23)17-11-19(22(30-2)24-13-17)26-21(29)10-15-6-4-3-5-7-15/h3-9,11-13H,10H2,1-2H3,(H,26,29)(H,25,27,28). The van der Waals surface area contributed by atoms with Crippen LogP contribution in [0.5, 0.6) is 5.88 Å². The van der Waals surface area contributed by atoms with E-state index in [0.717, 1.165) is 26.9 Å². The molecule has 2 aromatic carbocycles. The molecule has 0 aliphatic rings. The molecule has 31 heavy (non-hydrogen) atoms. The molecule has 0 spiro atoms. The maximum atomic E-state index is 12.5. The topological polar surface area (TPSA) is 93.2 Å². The highest BCUT2D eigenvalue weighted by Crippen LogP contribution is 2.33. The SMILES string of the molecule is COc1ncc(-c2ccc3nc(NC(C)=O)sc3c2)cc1NC(=O)Cc1ccccc1. The normalized spacial score (nSPS) is 10.6. The van der Waals surface area contributed by atoms with Crippen LogP contribution >= 0.6 is 11.3 Å². The number of hydrogen-bond donors (Lipinski definition) is 2. The van der Waals surface area contributed by atoms with Crippen molar-refractivity contribution in [3.8, 4) is 17.0 Å². The van der Waals surface area contributed by atoms with Gasteiger partial charge in [-0.05, 0) is 29.3 Å². The van der Waals surface area contributed by atoms with Gasteiger partial charge < -0.3 is 15.4 Å². The smallest absolute Gasteiger partial charge is 0.237 e. The van der Waals surface area contributed by atoms with Crippen LogP contribution < -0.4 is 15.4 Å². The number of hydrogen-bond acceptors (Lipinski definition) is 6. The molecule has 4 aromatic rings. The predicted molar refractivity (Wildman–Crippen MR) is 122 cm³/mol. The monoisotopic (exact) mass is 432 g/mol. The quantitative estimate of drug-likeness (QED) is 0.468. The number of fused-ring (bicyclic) bond motifs is 1. The maximum Gasteiger partial charge on any atom is 0.237 e. The van der Waals surface area contributed by atoms with Crippen LogP contribution in [0.15, 0.2) is 60.8 Å². The first-order valence-corrected chi connectivity index (χ1v) is 10.4. The summed E-state index contributed by atoms with van der Waals surface area (Å²) in [7, 11) is 1.52. The molecule has 7 nitrogen and oxygen atoms in total. The third-order valence-electron chi connectivity index (χ3n) is 4.53. The molecule has 0 bridgehead atoms. The second-order valence-corrected chi connectivity index (χ2v) is 7.90. The van der Waals surface area contributed by atoms with E-state index in [-0.39, 0.29) is 18.2 Å². The van der Waals surface area contributed by atoms with Crippen LogP contribution in [-0.2, 0) is 16.0 Å². The van der Waals surface area contributed by atoms with Gasteiger partial charge in [-0.3, -0.25) is 9.59 Å². The fraction of sp³-hybridized carbons (Fsp3) is 0.130. The van der Waals surface area contributed by atoms with Gasteiger partial charge in [-0.1, -0.05) is 47.7 Å². The van der Waals surface area contributed by atoms with Crippen molar-refractivity contribution in [1.29, 1.82) is 0 Å². The van der Waals surface area contributed by atoms with Crippen molar-refractivity contribution < 1.29 is 14.3 Å². The third-order valence-corrected chi connectivity index (χ3v) is 5.46. The predicted octanol–water partition coefficient (Wildman–Crippen LogP) is 4.51. The third kappa shape index (κ3) is 4.87. The van der Waals surface area contributed by atoms with Gasteiger partial charge in [0.1, 0.15) is 5.69 Å². The number of methoxy groups -OCH3 is 1. The van der Waals surface area contributed by atoms with Crippen molar-refractivity contribution in [3.63, 3.8) is 0 Å². The number of benzene rings is 2. The molecule has 0 unspecified atom stereocenters. The van der Waals surface area contributed by atoms with Crippen molar-refractivity contribution in [3.05, 3.63) is 66.4 Å². The first-order chi connectivity index (χ1) is 15.0. The minimum atomic E-state index is -0.158. The molecule has 0 radical (unpaired) electrons. The van der Waals surface area contributed by atoms with Crippen molar-refractivity contribution in [2.24, 2.45) is 0 Å². The molecule has 2 N–H and O–H groups in total. The summed E-state index contributed by atoms with van der Waals surface area (Å²) in [6.07, 6.45) is 1.95. The molecule has 2 amide bonds. The van der Waals surface area contributed by atoms with Crippen LogP contribution in [0.3, 0.4) is 0 Å². The summed E-state index contributed by atoms with van der Waals surface area (Å²) in [6.45, 7) is 1.45. The number of anilines is 2. The second-order valence-electron chi connectivity index (χ2n) is 6.87. The number of carbonyl (C=O) groups excluding carboxylic acids is 2. The van der Waals surface area contributed by atoms with E-state index >= 15 is 0 Å². The molecule has 0 saturated heterocycles. The first-order valence-electron chi connectivity index (χ1n) is 9.58. The Balaban J connectivity index is 1.60. The van der Waals surface area contributed by atoms with Crippen LogP contribution in [0.2, 0.25) is 0 Å². The van der Waals surface area contributed by atoms with E-state index < -0.39 is 0 Å². The summed E-state index contributed by atoms with van der Waals surface area (Å²) in [5.74, 6) is 0.0350. The van der Waals surface area contributed by atoms with E-state index in [0.29, 0.717) is 16.7 Å². The molecule has 0 aliphatic carbocycles. The van der Waals surface area contributed by atoms with E-state index in [9.17, 15) is 9.59 Å². The Kier molecular flexibility index (Phi) is 5.90. The van der Waals surface area contributed by atoms with E-state index in [1.165, 1.54) is 25.4 Å². The summed E-state index contributed by atoms with van der Waals surface area (Å²) < 4.78 is 6.26. The number of pyridine rings is 1. The molecule has 2 aromatic heterocycles. The number of nitrogens with one attached hydrogen (secondary N) is 2. The molecule has 0 aliphatic heterocycles. The van der Waals surface area contributed by atoms with E-state index in [4.69, 9.17) is 4.74 Å². The van der Waals surface area contributed by atoms with Gasteiger partial charge in [0.25, 0.3) is 0 Å². The number of carbonyl (C=O) groups is 2. The molecular formula is C23H20N4O3S. The Bertz CT molecular complexity index is 1250. The molecule has 0 fully saturated rings. The van der Waals surface area contributed by atoms with Gasteiger partial charge in [-0.15, -0.1) is 0 Å². The number of nitrogens with zero attached hydrogens (tertiary/aromatic N) is 2. The summed E-state index contributed by atoms with van der Waals surface area (Å²) in [5.41, 5.74) is 3.97. The lowest BCUT2D eigenvalue weighted by Crippen LogP contribution is -2.15. The second kappa shape index (κ2) is 8.93. The molecule has 4 rings (SSSR count). The Morgan fingerprint density at radius 1 is 1.03 bits per heavy atom. The fourth-order valence-electron chi connectivity index (χ4n) is 3.15. The van der Waals surface area contributed by atoms with Crippen LogP contribution in [0, 0.1) is 0 Å². The molecule has 8 heteroatoms. The average Bonchev–Trinajstić information content (AvgIpc) is 3.15. The lowest BCUT2D eigenvalue weighted by Gasteiger charge is -2.11. The number of aromatic nitrogens is 2. The minimum Gasteiger partial charge on any atom is -0.480 e. The Morgan fingerprint density at radius 2 is 1.84 bits per heavy atom. The maximum absolute atomic E-state index is 12.5. The summed E-state index contributed by atoms with van der Waals surface area (Å²) >= 11 is 1.40. The van der Waals surface area contributed by atoms with E-state index in [1.54, 1.807) is 6.20 Å². The van der Waals surface area contributed by atoms with Gasteiger partial charge in [0, 0.05) is 18.7 Å². The molecular weight excluding hydrogens is 412 g/mol. The van der Waals surface area contributed by atoms with Crippen molar-refractivity contribution in [1.82, 2.24) is 9.97 Å². The summed E-state index contributed by atoms with van der Waals surface area (Å²) in [5, 5.41) is 6.17. The van der Waals surface area contributed by atoms with Gasteiger partial charge in [0.15, 0.2) is 5.13 Å². The Labute approximate surface area is 183 Å². The lowest BCUT2D eigenvalue weighted by atomic mass is 10.1. The highest BCUT2D eigenvalue weighted by atomic mass is 32.1. The van der Waals surface area contributed by atoms with Gasteiger partial charge in [0.05, 0.1) is 23.7 Å². The van der Waals surface area contributed by atoms with E-state index in [2.05, 4.69) is 20.6 Å². The fourth-order valence-corrected chi connectivity index (χ4v) is 4.10. The molecule has 0 saturated carbocycles. The number of amides is 2. The van der Waals surface area contributed by atoms with Crippen molar-refractivity contribution >= 4 is 44.2 Å². The highest BCUT2D eigenvalue weighted by Gasteiger charge is 2.13. The van der Waals surface area contributed by atoms with Crippen LogP contribution in [0.1, 0.15) is 12.5 Å². The van der Waals surface area contributed by atoms with Crippen molar-refractivity contribution in [2.75, 3.05) is 17.7 Å². The van der Waals surface area contributed by atoms with E-state index in [1.807, 2.05) is 54.6 Å². The van der Waals surface area contributed by atoms with Crippen LogP contribution in [0.25, 0.3) is 21.3 Å². The van der Waals surface area contributed by atoms with Crippen LogP contribution in [0.4, 0.5) is 10.8 Å². The van der Waals surface area contributed by atoms with Gasteiger partial charge in [-0.25, -0.2) is 9.97 Å². The highest BCUT2D eigenvalue weighted by molar-refractivity contribution is 7.22. The van der Waals surface area contributed by atoms with Gasteiger partial charge in [-0.2, -0.15) is 0 Å². The average molecular weight is 433 g/mol. The molecule has 2 heterocycles. The largest absolute Gasteiger partial charge is 0.480 e. The van der Waals surface area contributed by atoms with Gasteiger partial charge in [0.2, 0.25) is 17.7 Å². The molecule has 0 atom stereocenters. The zero-order valence-corrected chi connectivity index (χ0v) is 17.8.